The molecule has 0 spiro atoms. The fourth-order valence-electron chi connectivity index (χ4n) is 2.88. The van der Waals surface area contributed by atoms with E-state index in [4.69, 9.17) is 15.2 Å². The molecule has 2 heterocycles. The molecule has 1 atom stereocenters. The minimum absolute atomic E-state index is 0.162. The Hall–Kier alpha value is -2.34. The maximum absolute atomic E-state index is 11.7. The third kappa shape index (κ3) is 4.39. The van der Waals surface area contributed by atoms with Crippen molar-refractivity contribution in [2.75, 3.05) is 19.7 Å². The van der Waals surface area contributed by atoms with Gasteiger partial charge in [-0.25, -0.2) is 0 Å². The van der Waals surface area contributed by atoms with Gasteiger partial charge in [-0.2, -0.15) is 0 Å². The van der Waals surface area contributed by atoms with Crippen LogP contribution in [0.4, 0.5) is 0 Å². The highest BCUT2D eigenvalue weighted by atomic mass is 16.5. The lowest BCUT2D eigenvalue weighted by Crippen LogP contribution is -2.37. The van der Waals surface area contributed by atoms with Crippen molar-refractivity contribution in [3.63, 3.8) is 0 Å². The Kier molecular flexibility index (Phi) is 5.38. The van der Waals surface area contributed by atoms with Gasteiger partial charge in [0.1, 0.15) is 17.6 Å². The second-order valence-electron chi connectivity index (χ2n) is 6.87. The maximum Gasteiger partial charge on any atom is 0.252 e. The number of primary amides is 1. The molecule has 1 saturated heterocycles. The molecular formula is C19H25N3O3. The molecular weight excluding hydrogens is 318 g/mol. The molecule has 134 valence electrons. The van der Waals surface area contributed by atoms with Gasteiger partial charge in [-0.15, -0.1) is 0 Å². The van der Waals surface area contributed by atoms with E-state index in [1.54, 1.807) is 12.3 Å². The summed E-state index contributed by atoms with van der Waals surface area (Å²) in [4.78, 5) is 16.1. The van der Waals surface area contributed by atoms with E-state index < -0.39 is 5.91 Å². The fourth-order valence-corrected chi connectivity index (χ4v) is 2.88. The van der Waals surface area contributed by atoms with Gasteiger partial charge in [0.15, 0.2) is 0 Å². The van der Waals surface area contributed by atoms with Gasteiger partial charge in [-0.3, -0.25) is 9.78 Å². The van der Waals surface area contributed by atoms with E-state index in [0.29, 0.717) is 29.4 Å². The number of pyridine rings is 1. The Labute approximate surface area is 147 Å². The van der Waals surface area contributed by atoms with Crippen LogP contribution in [0.2, 0.25) is 0 Å². The third-order valence-electron chi connectivity index (χ3n) is 4.15. The zero-order chi connectivity index (χ0) is 17.8. The highest BCUT2D eigenvalue weighted by molar-refractivity contribution is 6.00. The molecule has 0 aliphatic carbocycles. The molecule has 6 heteroatoms. The molecule has 0 saturated carbocycles. The monoisotopic (exact) mass is 343 g/mol. The van der Waals surface area contributed by atoms with Gasteiger partial charge < -0.3 is 20.5 Å². The van der Waals surface area contributed by atoms with E-state index in [2.05, 4.69) is 24.1 Å². The minimum atomic E-state index is -0.518. The summed E-state index contributed by atoms with van der Waals surface area (Å²) in [5.74, 6) is 1.05. The number of carbonyl (C=O) groups excluding carboxylic acids is 1. The van der Waals surface area contributed by atoms with Crippen LogP contribution >= 0.6 is 0 Å². The van der Waals surface area contributed by atoms with Gasteiger partial charge in [0.2, 0.25) is 0 Å². The first-order valence-electron chi connectivity index (χ1n) is 8.76. The summed E-state index contributed by atoms with van der Waals surface area (Å²) >= 11 is 0. The molecule has 25 heavy (non-hydrogen) atoms. The second kappa shape index (κ2) is 7.70. The van der Waals surface area contributed by atoms with Crippen molar-refractivity contribution < 1.29 is 14.3 Å². The van der Waals surface area contributed by atoms with E-state index in [1.165, 1.54) is 0 Å². The number of hydrogen-bond acceptors (Lipinski definition) is 5. The van der Waals surface area contributed by atoms with Gasteiger partial charge in [-0.1, -0.05) is 13.8 Å². The molecule has 1 fully saturated rings. The summed E-state index contributed by atoms with van der Waals surface area (Å²) in [6.07, 6.45) is 4.00. The molecule has 1 aliphatic heterocycles. The van der Waals surface area contributed by atoms with E-state index >= 15 is 0 Å². The topological polar surface area (TPSA) is 86.5 Å². The summed E-state index contributed by atoms with van der Waals surface area (Å²) in [6.45, 7) is 6.51. The summed E-state index contributed by atoms with van der Waals surface area (Å²) < 4.78 is 11.8. The average Bonchev–Trinajstić information content (AvgIpc) is 2.59. The molecule has 0 unspecified atom stereocenters. The molecule has 1 amide bonds. The lowest BCUT2D eigenvalue weighted by atomic mass is 10.1. The van der Waals surface area contributed by atoms with Crippen molar-refractivity contribution in [3.05, 3.63) is 30.0 Å². The minimum Gasteiger partial charge on any atom is -0.492 e. The summed E-state index contributed by atoms with van der Waals surface area (Å²) in [6, 6.07) is 5.43. The van der Waals surface area contributed by atoms with Gasteiger partial charge >= 0.3 is 0 Å². The van der Waals surface area contributed by atoms with Crippen molar-refractivity contribution in [2.45, 2.75) is 32.8 Å². The van der Waals surface area contributed by atoms with Crippen molar-refractivity contribution in [1.29, 1.82) is 0 Å². The van der Waals surface area contributed by atoms with E-state index in [-0.39, 0.29) is 6.10 Å². The molecule has 1 aromatic heterocycles. The Morgan fingerprint density at radius 3 is 2.92 bits per heavy atom. The smallest absolute Gasteiger partial charge is 0.252 e. The number of ether oxygens (including phenoxy) is 2. The highest BCUT2D eigenvalue weighted by Crippen LogP contribution is 2.28. The second-order valence-corrected chi connectivity index (χ2v) is 6.87. The number of nitrogens with zero attached hydrogens (tertiary/aromatic N) is 1. The van der Waals surface area contributed by atoms with Crippen LogP contribution in [0.3, 0.4) is 0 Å². The van der Waals surface area contributed by atoms with Crippen molar-refractivity contribution in [2.24, 2.45) is 11.7 Å². The lowest BCUT2D eigenvalue weighted by molar-refractivity contribution is 0.0995. The number of fused-ring (bicyclic) bond motifs is 1. The Bertz CT molecular complexity index is 755. The number of hydrogen-bond donors (Lipinski definition) is 2. The summed E-state index contributed by atoms with van der Waals surface area (Å²) in [5.41, 5.74) is 6.53. The van der Waals surface area contributed by atoms with E-state index in [1.807, 2.05) is 12.1 Å². The number of benzene rings is 1. The first-order chi connectivity index (χ1) is 12.0. The Morgan fingerprint density at radius 1 is 1.40 bits per heavy atom. The number of carbonyl (C=O) groups is 1. The molecule has 3 rings (SSSR count). The number of amides is 1. The third-order valence-corrected chi connectivity index (χ3v) is 4.15. The van der Waals surface area contributed by atoms with Crippen molar-refractivity contribution in [1.82, 2.24) is 10.3 Å². The molecule has 1 aliphatic rings. The first-order valence-corrected chi connectivity index (χ1v) is 8.76. The van der Waals surface area contributed by atoms with Crippen LogP contribution in [-0.2, 0) is 0 Å². The summed E-state index contributed by atoms with van der Waals surface area (Å²) in [5, 5.41) is 4.20. The van der Waals surface area contributed by atoms with Gasteiger partial charge in [0.25, 0.3) is 5.91 Å². The van der Waals surface area contributed by atoms with Crippen LogP contribution < -0.4 is 20.5 Å². The molecule has 2 aromatic rings. The lowest BCUT2D eigenvalue weighted by Gasteiger charge is -2.23. The Morgan fingerprint density at radius 2 is 2.24 bits per heavy atom. The highest BCUT2D eigenvalue weighted by Gasteiger charge is 2.16. The van der Waals surface area contributed by atoms with Crippen LogP contribution in [0.1, 0.15) is 37.0 Å². The summed E-state index contributed by atoms with van der Waals surface area (Å²) in [7, 11) is 0. The number of nitrogens with one attached hydrogen (secondary N) is 1. The number of nitrogens with two attached hydrogens (primary N) is 1. The van der Waals surface area contributed by atoms with Crippen molar-refractivity contribution >= 4 is 16.8 Å². The van der Waals surface area contributed by atoms with Gasteiger partial charge in [0, 0.05) is 11.9 Å². The van der Waals surface area contributed by atoms with Crippen molar-refractivity contribution in [3.8, 4) is 11.5 Å². The quantitative estimate of drug-likeness (QED) is 0.841. The standard InChI is InChI=1S/C19H25N3O3/c1-12(2)11-24-18-7-13-6-15(25-14-4-3-5-21-9-14)10-22-17(13)8-16(18)19(20)23/h6-8,10,12,14,21H,3-5,9,11H2,1-2H3,(H2,20,23)/t14-/m1/s1. The van der Waals surface area contributed by atoms with Crippen LogP contribution in [0, 0.1) is 5.92 Å². The predicted octanol–water partition coefficient (Wildman–Crippen LogP) is 2.50. The molecule has 0 bridgehead atoms. The molecule has 0 radical (unpaired) electrons. The van der Waals surface area contributed by atoms with Crippen LogP contribution in [0.5, 0.6) is 11.5 Å². The normalized spacial score (nSPS) is 17.6. The number of rotatable bonds is 6. The number of aromatic nitrogens is 1. The zero-order valence-electron chi connectivity index (χ0n) is 14.7. The first kappa shape index (κ1) is 17.5. The van der Waals surface area contributed by atoms with E-state index in [9.17, 15) is 4.79 Å². The maximum atomic E-state index is 11.7. The van der Waals surface area contributed by atoms with Crippen LogP contribution in [-0.4, -0.2) is 36.7 Å². The predicted molar refractivity (Wildman–Crippen MR) is 97.1 cm³/mol. The Balaban J connectivity index is 1.88. The molecule has 6 nitrogen and oxygen atoms in total. The van der Waals surface area contributed by atoms with E-state index in [0.717, 1.165) is 37.1 Å². The number of piperidine rings is 1. The zero-order valence-corrected chi connectivity index (χ0v) is 14.7. The molecule has 1 aromatic carbocycles. The van der Waals surface area contributed by atoms with Gasteiger partial charge in [0.05, 0.1) is 23.9 Å². The molecule has 3 N–H and O–H groups in total. The van der Waals surface area contributed by atoms with Crippen LogP contribution in [0.25, 0.3) is 10.9 Å². The van der Waals surface area contributed by atoms with Crippen LogP contribution in [0.15, 0.2) is 24.4 Å². The fraction of sp³-hybridized carbons (Fsp3) is 0.474. The van der Waals surface area contributed by atoms with Gasteiger partial charge in [-0.05, 0) is 43.5 Å². The SMILES string of the molecule is CC(C)COc1cc2cc(O[C@@H]3CCCNC3)cnc2cc1C(N)=O. The average molecular weight is 343 g/mol. The largest absolute Gasteiger partial charge is 0.492 e.